The Morgan fingerprint density at radius 2 is 1.64 bits per heavy atom. The number of anilines is 2. The first kappa shape index (κ1) is 17.2. The second-order valence-electron chi connectivity index (χ2n) is 5.12. The maximum absolute atomic E-state index is 13.2. The van der Waals surface area contributed by atoms with Crippen molar-refractivity contribution in [3.05, 3.63) is 83.6 Å². The fourth-order valence-corrected chi connectivity index (χ4v) is 2.54. The number of para-hydroxylation sites is 3. The van der Waals surface area contributed by atoms with Crippen LogP contribution in [0.25, 0.3) is 0 Å². The average molecular weight is 373 g/mol. The van der Waals surface area contributed by atoms with Crippen molar-refractivity contribution < 1.29 is 9.13 Å². The van der Waals surface area contributed by atoms with E-state index in [1.807, 2.05) is 54.6 Å². The molecular formula is C19H14ClFN2OS. The normalized spacial score (nSPS) is 10.2. The summed E-state index contributed by atoms with van der Waals surface area (Å²) in [7, 11) is 0. The summed E-state index contributed by atoms with van der Waals surface area (Å²) in [6.45, 7) is 0. The average Bonchev–Trinajstić information content (AvgIpc) is 2.61. The van der Waals surface area contributed by atoms with Crippen LogP contribution in [0, 0.1) is 5.82 Å². The Bertz CT molecular complexity index is 890. The quantitative estimate of drug-likeness (QED) is 0.544. The molecule has 0 bridgehead atoms. The van der Waals surface area contributed by atoms with Crippen LogP contribution in [0.15, 0.2) is 72.8 Å². The minimum atomic E-state index is -0.479. The zero-order valence-corrected chi connectivity index (χ0v) is 14.6. The van der Waals surface area contributed by atoms with Gasteiger partial charge in [0, 0.05) is 5.69 Å². The van der Waals surface area contributed by atoms with Gasteiger partial charge in [-0.1, -0.05) is 41.9 Å². The van der Waals surface area contributed by atoms with E-state index in [-0.39, 0.29) is 5.02 Å². The van der Waals surface area contributed by atoms with Gasteiger partial charge >= 0.3 is 0 Å². The van der Waals surface area contributed by atoms with Crippen molar-refractivity contribution in [2.24, 2.45) is 0 Å². The van der Waals surface area contributed by atoms with Gasteiger partial charge in [0.1, 0.15) is 11.6 Å². The Morgan fingerprint density at radius 1 is 0.920 bits per heavy atom. The third-order valence-electron chi connectivity index (χ3n) is 3.28. The van der Waals surface area contributed by atoms with Gasteiger partial charge in [-0.3, -0.25) is 0 Å². The SMILES string of the molecule is Fc1ccc(NC(=S)Nc2ccccc2Oc2ccccc2)cc1Cl. The molecule has 0 unspecified atom stereocenters. The van der Waals surface area contributed by atoms with Crippen LogP contribution in [0.2, 0.25) is 5.02 Å². The lowest BCUT2D eigenvalue weighted by molar-refractivity contribution is 0.485. The third-order valence-corrected chi connectivity index (χ3v) is 3.78. The van der Waals surface area contributed by atoms with Gasteiger partial charge in [-0.2, -0.15) is 0 Å². The highest BCUT2D eigenvalue weighted by Gasteiger charge is 2.07. The molecule has 0 radical (unpaired) electrons. The van der Waals surface area contributed by atoms with Crippen molar-refractivity contribution in [2.45, 2.75) is 0 Å². The first-order valence-electron chi connectivity index (χ1n) is 7.47. The fourth-order valence-electron chi connectivity index (χ4n) is 2.13. The maximum Gasteiger partial charge on any atom is 0.175 e. The largest absolute Gasteiger partial charge is 0.455 e. The number of benzene rings is 3. The van der Waals surface area contributed by atoms with Crippen LogP contribution in [-0.4, -0.2) is 5.11 Å². The van der Waals surface area contributed by atoms with Gasteiger partial charge in [0.25, 0.3) is 0 Å². The first-order valence-corrected chi connectivity index (χ1v) is 8.25. The van der Waals surface area contributed by atoms with Gasteiger partial charge in [-0.05, 0) is 54.7 Å². The van der Waals surface area contributed by atoms with Gasteiger partial charge in [0.05, 0.1) is 10.7 Å². The molecule has 0 aliphatic heterocycles. The number of hydrogen-bond donors (Lipinski definition) is 2. The first-order chi connectivity index (χ1) is 12.1. The van der Waals surface area contributed by atoms with Crippen molar-refractivity contribution in [3.63, 3.8) is 0 Å². The number of hydrogen-bond acceptors (Lipinski definition) is 2. The van der Waals surface area contributed by atoms with E-state index in [0.29, 0.717) is 22.2 Å². The zero-order chi connectivity index (χ0) is 17.6. The molecule has 3 nitrogen and oxygen atoms in total. The van der Waals surface area contributed by atoms with Crippen molar-refractivity contribution in [2.75, 3.05) is 10.6 Å². The van der Waals surface area contributed by atoms with E-state index in [1.165, 1.54) is 12.1 Å². The van der Waals surface area contributed by atoms with Gasteiger partial charge in [0.2, 0.25) is 0 Å². The van der Waals surface area contributed by atoms with Crippen molar-refractivity contribution in [3.8, 4) is 11.5 Å². The number of thiocarbonyl (C=S) groups is 1. The molecule has 3 aromatic carbocycles. The molecule has 25 heavy (non-hydrogen) atoms. The molecule has 0 aliphatic carbocycles. The maximum atomic E-state index is 13.2. The molecule has 0 spiro atoms. The van der Waals surface area contributed by atoms with Crippen LogP contribution in [0.3, 0.4) is 0 Å². The molecule has 0 saturated carbocycles. The van der Waals surface area contributed by atoms with Gasteiger partial charge < -0.3 is 15.4 Å². The predicted molar refractivity (Wildman–Crippen MR) is 104 cm³/mol. The summed E-state index contributed by atoms with van der Waals surface area (Å²) in [4.78, 5) is 0. The molecule has 0 saturated heterocycles. The van der Waals surface area contributed by atoms with Crippen LogP contribution < -0.4 is 15.4 Å². The number of ether oxygens (including phenoxy) is 1. The smallest absolute Gasteiger partial charge is 0.175 e. The standard InChI is InChI=1S/C19H14ClFN2OS/c20-15-12-13(10-11-16(15)21)22-19(25)23-17-8-4-5-9-18(17)24-14-6-2-1-3-7-14/h1-12H,(H2,22,23,25). The van der Waals surface area contributed by atoms with E-state index in [2.05, 4.69) is 10.6 Å². The molecule has 0 aliphatic rings. The molecule has 0 heterocycles. The summed E-state index contributed by atoms with van der Waals surface area (Å²) >= 11 is 11.1. The molecule has 0 amide bonds. The number of rotatable bonds is 4. The summed E-state index contributed by atoms with van der Waals surface area (Å²) in [5.74, 6) is 0.878. The highest BCUT2D eigenvalue weighted by Crippen LogP contribution is 2.29. The van der Waals surface area contributed by atoms with Crippen LogP contribution >= 0.6 is 23.8 Å². The van der Waals surface area contributed by atoms with Gasteiger partial charge in [-0.15, -0.1) is 0 Å². The van der Waals surface area contributed by atoms with E-state index >= 15 is 0 Å². The minimum Gasteiger partial charge on any atom is -0.455 e. The molecule has 126 valence electrons. The zero-order valence-electron chi connectivity index (χ0n) is 13.0. The lowest BCUT2D eigenvalue weighted by Crippen LogP contribution is -2.19. The summed E-state index contributed by atoms with van der Waals surface area (Å²) in [5.41, 5.74) is 1.29. The minimum absolute atomic E-state index is 0.0283. The summed E-state index contributed by atoms with van der Waals surface area (Å²) in [5, 5.41) is 6.40. The van der Waals surface area contributed by atoms with Crippen LogP contribution in [0.4, 0.5) is 15.8 Å². The Balaban J connectivity index is 1.72. The van der Waals surface area contributed by atoms with Gasteiger partial charge in [0.15, 0.2) is 10.9 Å². The topological polar surface area (TPSA) is 33.3 Å². The van der Waals surface area contributed by atoms with E-state index < -0.39 is 5.82 Å². The molecule has 0 fully saturated rings. The monoisotopic (exact) mass is 372 g/mol. The Labute approximate surface area is 155 Å². The Kier molecular flexibility index (Phi) is 5.48. The summed E-state index contributed by atoms with van der Waals surface area (Å²) in [6.07, 6.45) is 0. The lowest BCUT2D eigenvalue weighted by atomic mass is 10.3. The van der Waals surface area contributed by atoms with Crippen LogP contribution in [-0.2, 0) is 0 Å². The molecular weight excluding hydrogens is 359 g/mol. The van der Waals surface area contributed by atoms with Crippen LogP contribution in [0.1, 0.15) is 0 Å². The lowest BCUT2D eigenvalue weighted by Gasteiger charge is -2.15. The van der Waals surface area contributed by atoms with Crippen molar-refractivity contribution >= 4 is 40.3 Å². The molecule has 0 aromatic heterocycles. The molecule has 3 rings (SSSR count). The highest BCUT2D eigenvalue weighted by molar-refractivity contribution is 7.80. The van der Waals surface area contributed by atoms with Crippen molar-refractivity contribution in [1.29, 1.82) is 0 Å². The highest BCUT2D eigenvalue weighted by atomic mass is 35.5. The Hall–Kier alpha value is -2.63. The summed E-state index contributed by atoms with van der Waals surface area (Å²) in [6, 6.07) is 21.2. The predicted octanol–water partition coefficient (Wildman–Crippen LogP) is 6.08. The fraction of sp³-hybridized carbons (Fsp3) is 0. The third kappa shape index (κ3) is 4.68. The Morgan fingerprint density at radius 3 is 2.40 bits per heavy atom. The van der Waals surface area contributed by atoms with E-state index in [0.717, 1.165) is 5.75 Å². The van der Waals surface area contributed by atoms with E-state index in [1.54, 1.807) is 6.07 Å². The number of halogens is 2. The molecule has 3 aromatic rings. The second kappa shape index (κ2) is 7.96. The van der Waals surface area contributed by atoms with Crippen molar-refractivity contribution in [1.82, 2.24) is 0 Å². The van der Waals surface area contributed by atoms with E-state index in [9.17, 15) is 4.39 Å². The van der Waals surface area contributed by atoms with Gasteiger partial charge in [-0.25, -0.2) is 4.39 Å². The van der Waals surface area contributed by atoms with Crippen LogP contribution in [0.5, 0.6) is 11.5 Å². The molecule has 2 N–H and O–H groups in total. The molecule has 0 atom stereocenters. The second-order valence-corrected chi connectivity index (χ2v) is 5.93. The summed E-state index contributed by atoms with van der Waals surface area (Å²) < 4.78 is 19.1. The van der Waals surface area contributed by atoms with E-state index in [4.69, 9.17) is 28.6 Å². The number of nitrogens with one attached hydrogen (secondary N) is 2. The molecule has 6 heteroatoms.